The molecule has 124 valence electrons. The molecule has 0 spiro atoms. The van der Waals surface area contributed by atoms with Crippen LogP contribution in [0, 0.1) is 5.82 Å². The molecule has 1 aromatic rings. The van der Waals surface area contributed by atoms with E-state index in [-0.39, 0.29) is 12.3 Å². The third kappa shape index (κ3) is 5.51. The molecule has 8 heteroatoms. The highest BCUT2D eigenvalue weighted by atomic mass is 19.4. The minimum atomic E-state index is -4.69. The number of nitrogens with one attached hydrogen (secondary N) is 1. The molecule has 0 fully saturated rings. The Balaban J connectivity index is 2.80. The van der Waals surface area contributed by atoms with Crippen molar-refractivity contribution in [1.82, 2.24) is 4.90 Å². The van der Waals surface area contributed by atoms with Gasteiger partial charge in [0.15, 0.2) is 0 Å². The fourth-order valence-corrected chi connectivity index (χ4v) is 1.85. The van der Waals surface area contributed by atoms with Gasteiger partial charge in [-0.25, -0.2) is 9.18 Å². The van der Waals surface area contributed by atoms with Crippen molar-refractivity contribution in [2.45, 2.75) is 25.9 Å². The highest BCUT2D eigenvalue weighted by molar-refractivity contribution is 5.89. The van der Waals surface area contributed by atoms with E-state index < -0.39 is 23.6 Å². The van der Waals surface area contributed by atoms with Crippen LogP contribution in [-0.4, -0.2) is 35.7 Å². The Bertz CT molecular complexity index is 506. The van der Waals surface area contributed by atoms with Crippen LogP contribution in [0.5, 0.6) is 0 Å². The molecule has 0 atom stereocenters. The number of nitrogens with zero attached hydrogens (tertiary/aromatic N) is 1. The second kappa shape index (κ2) is 7.98. The molecular formula is C14H18F4N2O2. The van der Waals surface area contributed by atoms with Gasteiger partial charge in [-0.2, -0.15) is 13.2 Å². The highest BCUT2D eigenvalue weighted by Gasteiger charge is 2.31. The molecule has 22 heavy (non-hydrogen) atoms. The van der Waals surface area contributed by atoms with Crippen LogP contribution >= 0.6 is 0 Å². The first kappa shape index (κ1) is 18.2. The van der Waals surface area contributed by atoms with Crippen LogP contribution in [0.15, 0.2) is 18.2 Å². The number of urea groups is 1. The zero-order valence-electron chi connectivity index (χ0n) is 12.1. The van der Waals surface area contributed by atoms with Gasteiger partial charge in [-0.3, -0.25) is 0 Å². The number of hydrogen-bond donors (Lipinski definition) is 2. The first-order valence-electron chi connectivity index (χ1n) is 6.82. The minimum Gasteiger partial charge on any atom is -0.396 e. The number of aliphatic hydroxyl groups excluding tert-OH is 1. The first-order valence-corrected chi connectivity index (χ1v) is 6.82. The maximum atomic E-state index is 13.2. The van der Waals surface area contributed by atoms with Crippen LogP contribution in [0.3, 0.4) is 0 Å². The molecule has 0 radical (unpaired) electrons. The number of carbonyl (C=O) groups excluding carboxylic acids is 1. The van der Waals surface area contributed by atoms with E-state index in [1.807, 2.05) is 0 Å². The second-order valence-electron chi connectivity index (χ2n) is 4.67. The fraction of sp³-hybridized carbons (Fsp3) is 0.500. The van der Waals surface area contributed by atoms with Crippen molar-refractivity contribution in [1.29, 1.82) is 0 Å². The predicted molar refractivity (Wildman–Crippen MR) is 74.0 cm³/mol. The van der Waals surface area contributed by atoms with Crippen molar-refractivity contribution in [2.24, 2.45) is 0 Å². The Kier molecular flexibility index (Phi) is 6.61. The lowest BCUT2D eigenvalue weighted by Crippen LogP contribution is -2.35. The van der Waals surface area contributed by atoms with Gasteiger partial charge >= 0.3 is 12.2 Å². The summed E-state index contributed by atoms with van der Waals surface area (Å²) in [6, 6.07) is 1.27. The number of amides is 2. The monoisotopic (exact) mass is 322 g/mol. The minimum absolute atomic E-state index is 0.00197. The largest absolute Gasteiger partial charge is 0.416 e. The normalized spacial score (nSPS) is 11.4. The van der Waals surface area contributed by atoms with E-state index in [0.29, 0.717) is 38.1 Å². The zero-order valence-corrected chi connectivity index (χ0v) is 12.1. The molecule has 2 N–H and O–H groups in total. The Morgan fingerprint density at radius 2 is 1.95 bits per heavy atom. The molecule has 2 amide bonds. The number of benzene rings is 1. The van der Waals surface area contributed by atoms with Crippen LogP contribution in [0.2, 0.25) is 0 Å². The summed E-state index contributed by atoms with van der Waals surface area (Å²) in [6.07, 6.45) is -3.61. The quantitative estimate of drug-likeness (QED) is 0.622. The van der Waals surface area contributed by atoms with Crippen molar-refractivity contribution in [3.05, 3.63) is 29.6 Å². The van der Waals surface area contributed by atoms with E-state index in [0.717, 1.165) is 6.07 Å². The number of aliphatic hydroxyl groups is 1. The number of hydrogen-bond acceptors (Lipinski definition) is 2. The van der Waals surface area contributed by atoms with Gasteiger partial charge in [0.1, 0.15) is 5.82 Å². The zero-order chi connectivity index (χ0) is 16.8. The molecule has 0 aliphatic heterocycles. The van der Waals surface area contributed by atoms with Gasteiger partial charge in [0, 0.05) is 25.4 Å². The molecule has 0 bridgehead atoms. The third-order valence-electron chi connectivity index (χ3n) is 2.98. The standard InChI is InChI=1S/C14H18F4N2O2/c1-2-20(5-3-4-6-21)13(22)19-12-8-10(14(16,17)18)7-11(15)9-12/h7-9,21H,2-6H2,1H3,(H,19,22). The SMILES string of the molecule is CCN(CCCCO)C(=O)Nc1cc(F)cc(C(F)(F)F)c1. The van der Waals surface area contributed by atoms with E-state index in [2.05, 4.69) is 5.32 Å². The summed E-state index contributed by atoms with van der Waals surface area (Å²) in [5, 5.41) is 11.0. The lowest BCUT2D eigenvalue weighted by molar-refractivity contribution is -0.137. The van der Waals surface area contributed by atoms with Crippen molar-refractivity contribution < 1.29 is 27.5 Å². The van der Waals surface area contributed by atoms with E-state index in [1.54, 1.807) is 6.92 Å². The van der Waals surface area contributed by atoms with Crippen molar-refractivity contribution in [2.75, 3.05) is 25.0 Å². The lowest BCUT2D eigenvalue weighted by Gasteiger charge is -2.21. The summed E-state index contributed by atoms with van der Waals surface area (Å²) in [6.45, 7) is 2.41. The molecule has 0 aliphatic rings. The number of anilines is 1. The van der Waals surface area contributed by atoms with E-state index in [9.17, 15) is 22.4 Å². The molecule has 0 heterocycles. The molecule has 4 nitrogen and oxygen atoms in total. The van der Waals surface area contributed by atoms with Gasteiger partial charge in [-0.05, 0) is 38.0 Å². The van der Waals surface area contributed by atoms with Crippen LogP contribution in [0.25, 0.3) is 0 Å². The second-order valence-corrected chi connectivity index (χ2v) is 4.67. The Morgan fingerprint density at radius 1 is 1.27 bits per heavy atom. The van der Waals surface area contributed by atoms with Gasteiger partial charge in [0.2, 0.25) is 0 Å². The van der Waals surface area contributed by atoms with Crippen molar-refractivity contribution in [3.8, 4) is 0 Å². The molecule has 0 aromatic heterocycles. The summed E-state index contributed by atoms with van der Waals surface area (Å²) in [4.78, 5) is 13.3. The number of carbonyl (C=O) groups is 1. The van der Waals surface area contributed by atoms with Gasteiger partial charge < -0.3 is 15.3 Å². The number of unbranched alkanes of at least 4 members (excludes halogenated alkanes) is 1. The Hall–Kier alpha value is -1.83. The maximum Gasteiger partial charge on any atom is 0.416 e. The average Bonchev–Trinajstić information content (AvgIpc) is 2.42. The molecule has 0 saturated heterocycles. The Morgan fingerprint density at radius 3 is 2.50 bits per heavy atom. The molecular weight excluding hydrogens is 304 g/mol. The predicted octanol–water partition coefficient (Wildman–Crippen LogP) is 3.47. The molecule has 0 aliphatic carbocycles. The van der Waals surface area contributed by atoms with Gasteiger partial charge in [-0.15, -0.1) is 0 Å². The van der Waals surface area contributed by atoms with Gasteiger partial charge in [-0.1, -0.05) is 0 Å². The summed E-state index contributed by atoms with van der Waals surface area (Å²) >= 11 is 0. The lowest BCUT2D eigenvalue weighted by atomic mass is 10.2. The van der Waals surface area contributed by atoms with Gasteiger partial charge in [0.05, 0.1) is 5.56 Å². The summed E-state index contributed by atoms with van der Waals surface area (Å²) < 4.78 is 51.1. The number of alkyl halides is 3. The Labute approximate surface area is 125 Å². The maximum absolute atomic E-state index is 13.2. The van der Waals surface area contributed by atoms with Crippen molar-refractivity contribution in [3.63, 3.8) is 0 Å². The van der Waals surface area contributed by atoms with Crippen molar-refractivity contribution >= 4 is 11.7 Å². The third-order valence-corrected chi connectivity index (χ3v) is 2.98. The summed E-state index contributed by atoms with van der Waals surface area (Å²) in [5.74, 6) is -1.08. The fourth-order valence-electron chi connectivity index (χ4n) is 1.85. The van der Waals surface area contributed by atoms with E-state index in [4.69, 9.17) is 5.11 Å². The number of rotatable bonds is 6. The van der Waals surface area contributed by atoms with E-state index in [1.165, 1.54) is 4.90 Å². The van der Waals surface area contributed by atoms with Crippen LogP contribution < -0.4 is 5.32 Å². The number of halogens is 4. The topological polar surface area (TPSA) is 52.6 Å². The highest BCUT2D eigenvalue weighted by Crippen LogP contribution is 2.31. The summed E-state index contributed by atoms with van der Waals surface area (Å²) in [7, 11) is 0. The smallest absolute Gasteiger partial charge is 0.396 e. The molecule has 0 unspecified atom stereocenters. The first-order chi connectivity index (χ1) is 10.3. The van der Waals surface area contributed by atoms with Gasteiger partial charge in [0.25, 0.3) is 0 Å². The average molecular weight is 322 g/mol. The molecule has 1 rings (SSSR count). The van der Waals surface area contributed by atoms with Crippen LogP contribution in [-0.2, 0) is 6.18 Å². The molecule has 1 aromatic carbocycles. The van der Waals surface area contributed by atoms with Crippen LogP contribution in [0.1, 0.15) is 25.3 Å². The molecule has 0 saturated carbocycles. The van der Waals surface area contributed by atoms with E-state index >= 15 is 0 Å². The summed E-state index contributed by atoms with van der Waals surface area (Å²) in [5.41, 5.74) is -1.41. The van der Waals surface area contributed by atoms with Crippen LogP contribution in [0.4, 0.5) is 28.0 Å².